The summed E-state index contributed by atoms with van der Waals surface area (Å²) < 4.78 is 15.6. The minimum absolute atomic E-state index is 0.0312. The number of halogens is 2. The highest BCUT2D eigenvalue weighted by atomic mass is 35.5. The van der Waals surface area contributed by atoms with Gasteiger partial charge in [0.15, 0.2) is 0 Å². The lowest BCUT2D eigenvalue weighted by atomic mass is 9.88. The number of pyridine rings is 1. The van der Waals surface area contributed by atoms with Crippen molar-refractivity contribution in [1.82, 2.24) is 14.9 Å². The fourth-order valence-corrected chi connectivity index (χ4v) is 4.93. The number of para-hydroxylation sites is 1. The number of nitrogens with zero attached hydrogens (tertiary/aromatic N) is 2. The van der Waals surface area contributed by atoms with Crippen LogP contribution in [0.3, 0.4) is 0 Å². The number of rotatable bonds is 9. The molecule has 1 amide bonds. The summed E-state index contributed by atoms with van der Waals surface area (Å²) in [5, 5.41) is 4.77. The second-order valence-electron chi connectivity index (χ2n) is 9.09. The number of hydrogen-bond donors (Lipinski definition) is 1. The number of amides is 1. The number of fused-ring (bicyclic) bond motifs is 1. The lowest BCUT2D eigenvalue weighted by Gasteiger charge is -2.18. The van der Waals surface area contributed by atoms with Crippen LogP contribution in [0.15, 0.2) is 103 Å². The van der Waals surface area contributed by atoms with E-state index >= 15 is 0 Å². The Morgan fingerprint density at radius 1 is 0.973 bits per heavy atom. The van der Waals surface area contributed by atoms with E-state index in [4.69, 9.17) is 11.6 Å². The van der Waals surface area contributed by atoms with Gasteiger partial charge in [0.1, 0.15) is 5.82 Å². The zero-order chi connectivity index (χ0) is 25.6. The molecule has 4 nitrogen and oxygen atoms in total. The largest absolute Gasteiger partial charge is 0.356 e. The minimum Gasteiger partial charge on any atom is -0.356 e. The van der Waals surface area contributed by atoms with Crippen molar-refractivity contribution in [2.45, 2.75) is 25.3 Å². The topological polar surface area (TPSA) is 46.9 Å². The van der Waals surface area contributed by atoms with Crippen molar-refractivity contribution in [3.8, 4) is 0 Å². The molecule has 5 rings (SSSR count). The highest BCUT2D eigenvalue weighted by molar-refractivity contribution is 6.30. The van der Waals surface area contributed by atoms with Crippen LogP contribution < -0.4 is 5.32 Å². The predicted octanol–water partition coefficient (Wildman–Crippen LogP) is 6.76. The van der Waals surface area contributed by atoms with Crippen molar-refractivity contribution in [1.29, 1.82) is 0 Å². The van der Waals surface area contributed by atoms with Crippen molar-refractivity contribution in [3.63, 3.8) is 0 Å². The van der Waals surface area contributed by atoms with Crippen molar-refractivity contribution in [2.75, 3.05) is 6.54 Å². The van der Waals surface area contributed by atoms with Crippen LogP contribution in [0.1, 0.15) is 34.7 Å². The number of carbonyl (C=O) groups excluding carboxylic acids is 1. The summed E-state index contributed by atoms with van der Waals surface area (Å²) in [5.74, 6) is -0.471. The van der Waals surface area contributed by atoms with Gasteiger partial charge in [0.05, 0.1) is 0 Å². The lowest BCUT2D eigenvalue weighted by molar-refractivity contribution is -0.121. The fourth-order valence-electron chi connectivity index (χ4n) is 4.73. The monoisotopic (exact) mass is 511 g/mol. The van der Waals surface area contributed by atoms with Gasteiger partial charge >= 0.3 is 0 Å². The minimum atomic E-state index is -0.253. The Morgan fingerprint density at radius 3 is 2.57 bits per heavy atom. The molecule has 1 N–H and O–H groups in total. The maximum atomic E-state index is 13.5. The number of hydrogen-bond acceptors (Lipinski definition) is 2. The highest BCUT2D eigenvalue weighted by Crippen LogP contribution is 2.36. The molecule has 3 aromatic carbocycles. The van der Waals surface area contributed by atoms with E-state index in [9.17, 15) is 9.18 Å². The van der Waals surface area contributed by atoms with Gasteiger partial charge < -0.3 is 9.88 Å². The van der Waals surface area contributed by atoms with Gasteiger partial charge in [0.2, 0.25) is 5.91 Å². The zero-order valence-electron chi connectivity index (χ0n) is 20.3. The van der Waals surface area contributed by atoms with E-state index in [0.717, 1.165) is 33.3 Å². The molecule has 186 valence electrons. The summed E-state index contributed by atoms with van der Waals surface area (Å²) in [6.45, 7) is 1.11. The Kier molecular flexibility index (Phi) is 7.62. The molecule has 2 heterocycles. The Balaban J connectivity index is 1.44. The normalized spacial score (nSPS) is 11.9. The molecule has 0 fully saturated rings. The van der Waals surface area contributed by atoms with Gasteiger partial charge in [-0.1, -0.05) is 60.1 Å². The average Bonchev–Trinajstić information content (AvgIpc) is 3.27. The second-order valence-corrected chi connectivity index (χ2v) is 9.53. The molecule has 0 spiro atoms. The third-order valence-electron chi connectivity index (χ3n) is 6.53. The van der Waals surface area contributed by atoms with Crippen molar-refractivity contribution in [2.24, 2.45) is 0 Å². The van der Waals surface area contributed by atoms with E-state index in [-0.39, 0.29) is 24.1 Å². The smallest absolute Gasteiger partial charge is 0.220 e. The molecule has 0 bridgehead atoms. The maximum Gasteiger partial charge on any atom is 0.220 e. The predicted molar refractivity (Wildman–Crippen MR) is 146 cm³/mol. The van der Waals surface area contributed by atoms with Crippen LogP contribution in [0.4, 0.5) is 4.39 Å². The van der Waals surface area contributed by atoms with Crippen LogP contribution in [-0.2, 0) is 17.8 Å². The van der Waals surface area contributed by atoms with Gasteiger partial charge in [-0.2, -0.15) is 0 Å². The first-order valence-electron chi connectivity index (χ1n) is 12.3. The molecular weight excluding hydrogens is 485 g/mol. The molecule has 0 saturated carbocycles. The maximum absolute atomic E-state index is 13.5. The number of carbonyl (C=O) groups is 1. The van der Waals surface area contributed by atoms with E-state index in [1.165, 1.54) is 12.1 Å². The Morgan fingerprint density at radius 2 is 1.78 bits per heavy atom. The molecule has 37 heavy (non-hydrogen) atoms. The molecule has 0 aliphatic carbocycles. The Hall–Kier alpha value is -3.96. The van der Waals surface area contributed by atoms with Gasteiger partial charge in [0, 0.05) is 65.9 Å². The summed E-state index contributed by atoms with van der Waals surface area (Å²) >= 11 is 6.36. The zero-order valence-corrected chi connectivity index (χ0v) is 21.0. The average molecular weight is 512 g/mol. The van der Waals surface area contributed by atoms with Crippen LogP contribution in [-0.4, -0.2) is 22.0 Å². The SMILES string of the molecule is O=C(C[C@@H](c1cccc(Cl)c1)c1cn(Cc2ccc(F)cc2)c2ccccc12)NCCc1ccccn1. The van der Waals surface area contributed by atoms with E-state index in [0.29, 0.717) is 24.5 Å². The van der Waals surface area contributed by atoms with E-state index in [2.05, 4.69) is 33.2 Å². The van der Waals surface area contributed by atoms with Crippen LogP contribution in [0.2, 0.25) is 5.02 Å². The number of nitrogens with one attached hydrogen (secondary N) is 1. The summed E-state index contributed by atoms with van der Waals surface area (Å²) in [4.78, 5) is 17.5. The van der Waals surface area contributed by atoms with E-state index in [1.54, 1.807) is 18.3 Å². The quantitative estimate of drug-likeness (QED) is 0.238. The molecule has 5 aromatic rings. The van der Waals surface area contributed by atoms with Gasteiger partial charge in [-0.3, -0.25) is 9.78 Å². The fraction of sp³-hybridized carbons (Fsp3) is 0.161. The molecule has 0 saturated heterocycles. The first kappa shape index (κ1) is 24.7. The van der Waals surface area contributed by atoms with Gasteiger partial charge in [-0.15, -0.1) is 0 Å². The molecule has 6 heteroatoms. The Labute approximate surface area is 220 Å². The summed E-state index contributed by atoms with van der Waals surface area (Å²) in [6, 6.07) is 28.2. The molecule has 0 unspecified atom stereocenters. The summed E-state index contributed by atoms with van der Waals surface area (Å²) in [5.41, 5.74) is 5.04. The molecular formula is C31H27ClFN3O. The van der Waals surface area contributed by atoms with E-state index in [1.807, 2.05) is 54.6 Å². The van der Waals surface area contributed by atoms with Crippen molar-refractivity contribution >= 4 is 28.4 Å². The van der Waals surface area contributed by atoms with Crippen LogP contribution in [0.25, 0.3) is 10.9 Å². The third-order valence-corrected chi connectivity index (χ3v) is 6.77. The Bertz CT molecular complexity index is 1500. The highest BCUT2D eigenvalue weighted by Gasteiger charge is 2.23. The molecule has 1 atom stereocenters. The molecule has 2 aromatic heterocycles. The molecule has 0 aliphatic rings. The van der Waals surface area contributed by atoms with Crippen LogP contribution in [0.5, 0.6) is 0 Å². The summed E-state index contributed by atoms with van der Waals surface area (Å²) in [6.07, 6.45) is 4.83. The standard InChI is InChI=1S/C31H27ClFN3O/c32-24-7-5-6-23(18-24)28(19-31(37)35-17-15-26-8-3-4-16-34-26)29-21-36(30-10-2-1-9-27(29)30)20-22-11-13-25(33)14-12-22/h1-14,16,18,21,28H,15,17,19-20H2,(H,35,37)/t28-/m0/s1. The lowest BCUT2D eigenvalue weighted by Crippen LogP contribution is -2.27. The molecule has 0 radical (unpaired) electrons. The van der Waals surface area contributed by atoms with Gasteiger partial charge in [-0.25, -0.2) is 4.39 Å². The second kappa shape index (κ2) is 11.4. The van der Waals surface area contributed by atoms with Gasteiger partial charge in [0.25, 0.3) is 0 Å². The number of aromatic nitrogens is 2. The van der Waals surface area contributed by atoms with Gasteiger partial charge in [-0.05, 0) is 59.2 Å². The third kappa shape index (κ3) is 6.07. The van der Waals surface area contributed by atoms with E-state index < -0.39 is 0 Å². The first-order valence-corrected chi connectivity index (χ1v) is 12.7. The molecule has 0 aliphatic heterocycles. The summed E-state index contributed by atoms with van der Waals surface area (Å²) in [7, 11) is 0. The number of benzene rings is 3. The van der Waals surface area contributed by atoms with Crippen LogP contribution >= 0.6 is 11.6 Å². The van der Waals surface area contributed by atoms with Crippen molar-refractivity contribution < 1.29 is 9.18 Å². The first-order chi connectivity index (χ1) is 18.1. The van der Waals surface area contributed by atoms with Crippen molar-refractivity contribution in [3.05, 3.63) is 137 Å². The van der Waals surface area contributed by atoms with Crippen LogP contribution in [0, 0.1) is 5.82 Å².